The molecule has 0 aromatic carbocycles. The molecule has 0 amide bonds. The molecular weight excluding hydrogens is 126 g/mol. The zero-order chi connectivity index (χ0) is 8.20. The maximum absolute atomic E-state index is 3.03. The summed E-state index contributed by atoms with van der Waals surface area (Å²) in [5, 5.41) is 1.96. The van der Waals surface area contributed by atoms with Crippen molar-refractivity contribution in [3.63, 3.8) is 0 Å². The number of hydrogen-bond donors (Lipinski definition) is 2. The van der Waals surface area contributed by atoms with Gasteiger partial charge in [0.05, 0.1) is 0 Å². The molecule has 3 nitrogen and oxygen atoms in total. The highest BCUT2D eigenvalue weighted by atomic mass is 15.7. The number of nitrogens with one attached hydrogen (secondary N) is 2. The molecule has 0 aliphatic heterocycles. The molecule has 0 aliphatic carbocycles. The average molecular weight is 145 g/mol. The number of hydrazine groups is 2. The van der Waals surface area contributed by atoms with Crippen LogP contribution in [0, 0.1) is 5.41 Å². The smallest absolute Gasteiger partial charge is 0.0336 e. The predicted molar refractivity (Wildman–Crippen MR) is 44.3 cm³/mol. The predicted octanol–water partition coefficient (Wildman–Crippen LogP) is 0.603. The lowest BCUT2D eigenvalue weighted by Crippen LogP contribution is -2.48. The monoisotopic (exact) mass is 145 g/mol. The summed E-state index contributed by atoms with van der Waals surface area (Å²) in [5.41, 5.74) is 6.39. The van der Waals surface area contributed by atoms with Crippen LogP contribution in [0.4, 0.5) is 0 Å². The lowest BCUT2D eigenvalue weighted by molar-refractivity contribution is 0.0941. The van der Waals surface area contributed by atoms with E-state index >= 15 is 0 Å². The molecule has 0 unspecified atom stereocenters. The van der Waals surface area contributed by atoms with Crippen LogP contribution in [0.25, 0.3) is 0 Å². The minimum absolute atomic E-state index is 0.325. The Morgan fingerprint density at radius 2 is 1.50 bits per heavy atom. The lowest BCUT2D eigenvalue weighted by atomic mass is 9.97. The first-order valence-electron chi connectivity index (χ1n) is 3.62. The van der Waals surface area contributed by atoms with Crippen molar-refractivity contribution in [3.8, 4) is 0 Å². The van der Waals surface area contributed by atoms with E-state index in [1.165, 1.54) is 0 Å². The largest absolute Gasteiger partial charge is 0.245 e. The molecule has 0 spiro atoms. The van der Waals surface area contributed by atoms with Crippen LogP contribution in [-0.4, -0.2) is 25.8 Å². The van der Waals surface area contributed by atoms with Crippen LogP contribution in [-0.2, 0) is 0 Å². The first kappa shape index (κ1) is 9.88. The van der Waals surface area contributed by atoms with E-state index in [-0.39, 0.29) is 0 Å². The summed E-state index contributed by atoms with van der Waals surface area (Å²) in [5.74, 6) is 0. The number of rotatable bonds is 3. The molecule has 0 radical (unpaired) electrons. The van der Waals surface area contributed by atoms with Crippen molar-refractivity contribution < 1.29 is 0 Å². The van der Waals surface area contributed by atoms with Crippen LogP contribution in [0.1, 0.15) is 20.8 Å². The fraction of sp³-hybridized carbons (Fsp3) is 1.00. The molecule has 0 heterocycles. The van der Waals surface area contributed by atoms with Gasteiger partial charge in [-0.3, -0.25) is 0 Å². The highest BCUT2D eigenvalue weighted by molar-refractivity contribution is 4.63. The standard InChI is InChI=1S/C7H19N3/c1-7(2,3)6-10(8-4)9-5/h8-9H,6H2,1-5H3. The Morgan fingerprint density at radius 3 is 1.60 bits per heavy atom. The lowest BCUT2D eigenvalue weighted by Gasteiger charge is -2.27. The van der Waals surface area contributed by atoms with Gasteiger partial charge in [-0.05, 0) is 5.41 Å². The van der Waals surface area contributed by atoms with Crippen LogP contribution >= 0.6 is 0 Å². The molecule has 2 N–H and O–H groups in total. The van der Waals surface area contributed by atoms with E-state index in [2.05, 4.69) is 31.6 Å². The van der Waals surface area contributed by atoms with Gasteiger partial charge in [-0.15, -0.1) is 0 Å². The maximum Gasteiger partial charge on any atom is 0.0336 e. The van der Waals surface area contributed by atoms with Gasteiger partial charge in [0, 0.05) is 20.6 Å². The van der Waals surface area contributed by atoms with Gasteiger partial charge in [0.15, 0.2) is 0 Å². The van der Waals surface area contributed by atoms with E-state index in [9.17, 15) is 0 Å². The van der Waals surface area contributed by atoms with E-state index < -0.39 is 0 Å². The van der Waals surface area contributed by atoms with Crippen LogP contribution in [0.2, 0.25) is 0 Å². The second-order valence-electron chi connectivity index (χ2n) is 3.59. The van der Waals surface area contributed by atoms with Crippen molar-refractivity contribution in [2.24, 2.45) is 5.41 Å². The molecule has 0 saturated carbocycles. The quantitative estimate of drug-likeness (QED) is 0.570. The van der Waals surface area contributed by atoms with E-state index in [1.54, 1.807) is 0 Å². The molecule has 0 aromatic rings. The third-order valence-corrected chi connectivity index (χ3v) is 1.17. The van der Waals surface area contributed by atoms with Crippen molar-refractivity contribution in [2.45, 2.75) is 20.8 Å². The Balaban J connectivity index is 3.63. The van der Waals surface area contributed by atoms with Crippen molar-refractivity contribution in [1.29, 1.82) is 0 Å². The van der Waals surface area contributed by atoms with Crippen molar-refractivity contribution >= 4 is 0 Å². The van der Waals surface area contributed by atoms with Crippen LogP contribution in [0.3, 0.4) is 0 Å². The summed E-state index contributed by atoms with van der Waals surface area (Å²) < 4.78 is 0. The second-order valence-corrected chi connectivity index (χ2v) is 3.59. The normalized spacial score (nSPS) is 12.6. The first-order chi connectivity index (χ1) is 4.49. The topological polar surface area (TPSA) is 27.3 Å². The maximum atomic E-state index is 3.03. The highest BCUT2D eigenvalue weighted by Crippen LogP contribution is 2.12. The van der Waals surface area contributed by atoms with Gasteiger partial charge in [0.25, 0.3) is 0 Å². The molecule has 10 heavy (non-hydrogen) atoms. The van der Waals surface area contributed by atoms with E-state index in [0.717, 1.165) is 6.54 Å². The number of nitrogens with zero attached hydrogens (tertiary/aromatic N) is 1. The Morgan fingerprint density at radius 1 is 1.10 bits per heavy atom. The Hall–Kier alpha value is -0.120. The van der Waals surface area contributed by atoms with Crippen molar-refractivity contribution in [2.75, 3.05) is 20.6 Å². The summed E-state index contributed by atoms with van der Waals surface area (Å²) in [6, 6.07) is 0. The second kappa shape index (κ2) is 3.91. The van der Waals surface area contributed by atoms with Gasteiger partial charge in [0.2, 0.25) is 0 Å². The zero-order valence-electron chi connectivity index (χ0n) is 7.65. The molecule has 3 heteroatoms. The van der Waals surface area contributed by atoms with Crippen LogP contribution in [0.5, 0.6) is 0 Å². The van der Waals surface area contributed by atoms with E-state index in [0.29, 0.717) is 5.41 Å². The van der Waals surface area contributed by atoms with Crippen molar-refractivity contribution in [3.05, 3.63) is 0 Å². The zero-order valence-corrected chi connectivity index (χ0v) is 7.65. The number of hydrogen-bond acceptors (Lipinski definition) is 3. The van der Waals surface area contributed by atoms with Gasteiger partial charge in [-0.1, -0.05) is 20.8 Å². The molecule has 0 rings (SSSR count). The first-order valence-corrected chi connectivity index (χ1v) is 3.62. The highest BCUT2D eigenvalue weighted by Gasteiger charge is 2.13. The SMILES string of the molecule is CNN(CC(C)(C)C)NC. The molecule has 0 saturated heterocycles. The van der Waals surface area contributed by atoms with Crippen LogP contribution in [0.15, 0.2) is 0 Å². The van der Waals surface area contributed by atoms with Crippen molar-refractivity contribution in [1.82, 2.24) is 16.0 Å². The van der Waals surface area contributed by atoms with E-state index in [4.69, 9.17) is 0 Å². The molecule has 62 valence electrons. The van der Waals surface area contributed by atoms with Crippen LogP contribution < -0.4 is 10.9 Å². The third-order valence-electron chi connectivity index (χ3n) is 1.17. The molecule has 0 fully saturated rings. The Bertz CT molecular complexity index is 81.3. The summed E-state index contributed by atoms with van der Waals surface area (Å²) in [4.78, 5) is 0. The van der Waals surface area contributed by atoms with Gasteiger partial charge < -0.3 is 0 Å². The molecule has 0 atom stereocenters. The van der Waals surface area contributed by atoms with Gasteiger partial charge in [-0.2, -0.15) is 5.12 Å². The Kier molecular flexibility index (Phi) is 3.86. The third kappa shape index (κ3) is 4.73. The Labute approximate surface area is 63.7 Å². The van der Waals surface area contributed by atoms with E-state index in [1.807, 2.05) is 19.2 Å². The average Bonchev–Trinajstić information content (AvgIpc) is 1.81. The molecule has 0 aliphatic rings. The summed E-state index contributed by atoms with van der Waals surface area (Å²) in [6.45, 7) is 7.60. The minimum atomic E-state index is 0.325. The molecular formula is C7H19N3. The summed E-state index contributed by atoms with van der Waals surface area (Å²) in [7, 11) is 3.81. The fourth-order valence-corrected chi connectivity index (χ4v) is 0.744. The molecule has 0 aromatic heterocycles. The summed E-state index contributed by atoms with van der Waals surface area (Å²) >= 11 is 0. The van der Waals surface area contributed by atoms with Gasteiger partial charge >= 0.3 is 0 Å². The van der Waals surface area contributed by atoms with Gasteiger partial charge in [0.1, 0.15) is 0 Å². The van der Waals surface area contributed by atoms with Gasteiger partial charge in [-0.25, -0.2) is 10.9 Å². The molecule has 0 bridgehead atoms. The minimum Gasteiger partial charge on any atom is -0.245 e. The summed E-state index contributed by atoms with van der Waals surface area (Å²) in [6.07, 6.45) is 0. The fourth-order valence-electron chi connectivity index (χ4n) is 0.744.